The first-order valence-electron chi connectivity index (χ1n) is 7.17. The Bertz CT molecular complexity index is 254. The second-order valence-corrected chi connectivity index (χ2v) is 5.80. The predicted molar refractivity (Wildman–Crippen MR) is 75.6 cm³/mol. The van der Waals surface area contributed by atoms with Crippen LogP contribution in [0, 0.1) is 5.41 Å². The molecule has 0 spiro atoms. The number of amides is 1. The molecule has 1 saturated heterocycles. The highest BCUT2D eigenvalue weighted by molar-refractivity contribution is 5.82. The van der Waals surface area contributed by atoms with Gasteiger partial charge >= 0.3 is 0 Å². The molecule has 1 unspecified atom stereocenters. The quantitative estimate of drug-likeness (QED) is 0.750. The molecule has 1 rings (SSSR count). The number of carbonyl (C=O) groups excluding carboxylic acids is 1. The maximum Gasteiger partial charge on any atom is 0.226 e. The van der Waals surface area contributed by atoms with Crippen molar-refractivity contribution in [2.45, 2.75) is 45.6 Å². The van der Waals surface area contributed by atoms with Gasteiger partial charge in [0.2, 0.25) is 5.91 Å². The third-order valence-corrected chi connectivity index (χ3v) is 4.21. The lowest BCUT2D eigenvalue weighted by Gasteiger charge is -2.36. The first-order valence-corrected chi connectivity index (χ1v) is 7.17. The lowest BCUT2D eigenvalue weighted by atomic mass is 9.74. The van der Waals surface area contributed by atoms with Crippen LogP contribution in [0.15, 0.2) is 0 Å². The van der Waals surface area contributed by atoms with Crippen LogP contribution in [0.2, 0.25) is 0 Å². The molecule has 106 valence electrons. The fraction of sp³-hybridized carbons (Fsp3) is 0.929. The lowest BCUT2D eigenvalue weighted by Crippen LogP contribution is -2.50. The van der Waals surface area contributed by atoms with E-state index in [1.807, 2.05) is 14.1 Å². The van der Waals surface area contributed by atoms with E-state index >= 15 is 0 Å². The Kier molecular flexibility index (Phi) is 6.09. The lowest BCUT2D eigenvalue weighted by molar-refractivity contribution is -0.133. The van der Waals surface area contributed by atoms with Gasteiger partial charge < -0.3 is 15.5 Å². The zero-order valence-electron chi connectivity index (χ0n) is 12.4. The molecule has 0 aliphatic carbocycles. The smallest absolute Gasteiger partial charge is 0.226 e. The van der Waals surface area contributed by atoms with E-state index in [9.17, 15) is 4.79 Å². The van der Waals surface area contributed by atoms with Gasteiger partial charge in [0, 0.05) is 12.6 Å². The summed E-state index contributed by atoms with van der Waals surface area (Å²) in [4.78, 5) is 14.6. The molecule has 1 aliphatic heterocycles. The van der Waals surface area contributed by atoms with Gasteiger partial charge in [-0.1, -0.05) is 13.3 Å². The molecule has 1 amide bonds. The highest BCUT2D eigenvalue weighted by Gasteiger charge is 2.38. The molecule has 1 fully saturated rings. The number of piperidine rings is 1. The van der Waals surface area contributed by atoms with Gasteiger partial charge in [-0.15, -0.1) is 0 Å². The molecule has 2 N–H and O–H groups in total. The molecule has 0 aromatic rings. The second kappa shape index (κ2) is 7.10. The average Bonchev–Trinajstić information content (AvgIpc) is 2.36. The number of hydrogen-bond donors (Lipinski definition) is 2. The molecule has 18 heavy (non-hydrogen) atoms. The largest absolute Gasteiger partial charge is 0.354 e. The van der Waals surface area contributed by atoms with Gasteiger partial charge in [0.25, 0.3) is 0 Å². The van der Waals surface area contributed by atoms with Crippen molar-refractivity contribution in [3.63, 3.8) is 0 Å². The Balaban J connectivity index is 2.54. The Morgan fingerprint density at radius 3 is 2.50 bits per heavy atom. The zero-order valence-corrected chi connectivity index (χ0v) is 12.4. The van der Waals surface area contributed by atoms with Crippen molar-refractivity contribution in [2.75, 3.05) is 33.7 Å². The standard InChI is InChI=1S/C14H29N3O/c1-5-6-14(7-9-15-10-8-14)13(18)16-11-12(2)17(3)4/h12,15H,5-11H2,1-4H3,(H,16,18). The van der Waals surface area contributed by atoms with Crippen molar-refractivity contribution in [1.29, 1.82) is 0 Å². The SMILES string of the molecule is CCCC1(C(=O)NCC(C)N(C)C)CCNCC1. The molecule has 1 atom stereocenters. The minimum Gasteiger partial charge on any atom is -0.354 e. The number of rotatable bonds is 6. The molecule has 4 nitrogen and oxygen atoms in total. The summed E-state index contributed by atoms with van der Waals surface area (Å²) in [6, 6.07) is 0.384. The van der Waals surface area contributed by atoms with E-state index in [-0.39, 0.29) is 11.3 Å². The van der Waals surface area contributed by atoms with Crippen molar-refractivity contribution in [3.8, 4) is 0 Å². The number of hydrogen-bond acceptors (Lipinski definition) is 3. The summed E-state index contributed by atoms with van der Waals surface area (Å²) in [5.74, 6) is 0.263. The van der Waals surface area contributed by atoms with Crippen LogP contribution >= 0.6 is 0 Å². The molecule has 0 aromatic heterocycles. The number of nitrogens with one attached hydrogen (secondary N) is 2. The van der Waals surface area contributed by atoms with E-state index < -0.39 is 0 Å². The van der Waals surface area contributed by atoms with Crippen LogP contribution in [-0.2, 0) is 4.79 Å². The Hall–Kier alpha value is -0.610. The maximum absolute atomic E-state index is 12.5. The third kappa shape index (κ3) is 3.95. The molecule has 0 saturated carbocycles. The summed E-state index contributed by atoms with van der Waals surface area (Å²) < 4.78 is 0. The fourth-order valence-electron chi connectivity index (χ4n) is 2.58. The molecule has 0 radical (unpaired) electrons. The van der Waals surface area contributed by atoms with Crippen LogP contribution in [0.1, 0.15) is 39.5 Å². The van der Waals surface area contributed by atoms with Crippen molar-refractivity contribution in [2.24, 2.45) is 5.41 Å². The van der Waals surface area contributed by atoms with E-state index in [2.05, 4.69) is 29.4 Å². The minimum absolute atomic E-state index is 0.119. The van der Waals surface area contributed by atoms with E-state index in [0.717, 1.165) is 45.3 Å². The molecular formula is C14H29N3O. The molecule has 0 bridgehead atoms. The van der Waals surface area contributed by atoms with Crippen molar-refractivity contribution in [1.82, 2.24) is 15.5 Å². The topological polar surface area (TPSA) is 44.4 Å². The summed E-state index contributed by atoms with van der Waals surface area (Å²) in [6.07, 6.45) is 4.04. The fourth-order valence-corrected chi connectivity index (χ4v) is 2.58. The van der Waals surface area contributed by atoms with Gasteiger partial charge in [-0.3, -0.25) is 4.79 Å². The van der Waals surface area contributed by atoms with E-state index in [1.54, 1.807) is 0 Å². The second-order valence-electron chi connectivity index (χ2n) is 5.80. The number of likely N-dealkylation sites (N-methyl/N-ethyl adjacent to an activating group) is 1. The van der Waals surface area contributed by atoms with Crippen LogP contribution in [0.4, 0.5) is 0 Å². The van der Waals surface area contributed by atoms with Crippen LogP contribution in [-0.4, -0.2) is 50.6 Å². The first kappa shape index (κ1) is 15.4. The van der Waals surface area contributed by atoms with Gasteiger partial charge in [0.05, 0.1) is 5.41 Å². The van der Waals surface area contributed by atoms with Gasteiger partial charge in [-0.2, -0.15) is 0 Å². The van der Waals surface area contributed by atoms with Crippen LogP contribution in [0.25, 0.3) is 0 Å². The highest BCUT2D eigenvalue weighted by Crippen LogP contribution is 2.34. The predicted octanol–water partition coefficient (Wildman–Crippen LogP) is 1.22. The third-order valence-electron chi connectivity index (χ3n) is 4.21. The summed E-state index contributed by atoms with van der Waals surface area (Å²) >= 11 is 0. The summed E-state index contributed by atoms with van der Waals surface area (Å²) in [5, 5.41) is 6.50. The van der Waals surface area contributed by atoms with E-state index in [4.69, 9.17) is 0 Å². The minimum atomic E-state index is -0.119. The van der Waals surface area contributed by atoms with Crippen LogP contribution in [0.3, 0.4) is 0 Å². The Morgan fingerprint density at radius 2 is 2.00 bits per heavy atom. The van der Waals surface area contributed by atoms with E-state index in [1.165, 1.54) is 0 Å². The van der Waals surface area contributed by atoms with Crippen molar-refractivity contribution in [3.05, 3.63) is 0 Å². The monoisotopic (exact) mass is 255 g/mol. The number of carbonyl (C=O) groups is 1. The van der Waals surface area contributed by atoms with Crippen molar-refractivity contribution >= 4 is 5.91 Å². The molecule has 4 heteroatoms. The van der Waals surface area contributed by atoms with Gasteiger partial charge in [0.1, 0.15) is 0 Å². The van der Waals surface area contributed by atoms with Gasteiger partial charge in [0.15, 0.2) is 0 Å². The first-order chi connectivity index (χ1) is 8.52. The van der Waals surface area contributed by atoms with Crippen LogP contribution in [0.5, 0.6) is 0 Å². The number of nitrogens with zero attached hydrogens (tertiary/aromatic N) is 1. The summed E-state index contributed by atoms with van der Waals surface area (Å²) in [7, 11) is 4.09. The molecule has 1 aliphatic rings. The Morgan fingerprint density at radius 1 is 1.39 bits per heavy atom. The maximum atomic E-state index is 12.5. The van der Waals surface area contributed by atoms with Gasteiger partial charge in [-0.25, -0.2) is 0 Å². The molecular weight excluding hydrogens is 226 g/mol. The molecule has 0 aromatic carbocycles. The average molecular weight is 255 g/mol. The van der Waals surface area contributed by atoms with Gasteiger partial charge in [-0.05, 0) is 53.4 Å². The molecule has 1 heterocycles. The zero-order chi connectivity index (χ0) is 13.6. The van der Waals surface area contributed by atoms with E-state index in [0.29, 0.717) is 6.04 Å². The van der Waals surface area contributed by atoms with Crippen molar-refractivity contribution < 1.29 is 4.79 Å². The Labute approximate surface area is 111 Å². The summed E-state index contributed by atoms with van der Waals surface area (Å²) in [6.45, 7) is 6.98. The highest BCUT2D eigenvalue weighted by atomic mass is 16.2. The normalized spacial score (nSPS) is 20.7. The summed E-state index contributed by atoms with van der Waals surface area (Å²) in [5.41, 5.74) is -0.119. The van der Waals surface area contributed by atoms with Crippen LogP contribution < -0.4 is 10.6 Å².